The lowest BCUT2D eigenvalue weighted by Crippen LogP contribution is -2.62. The molecular weight excluding hydrogens is 172 g/mol. The zero-order chi connectivity index (χ0) is 9.42. The van der Waals surface area contributed by atoms with Crippen molar-refractivity contribution in [2.75, 3.05) is 7.11 Å². The summed E-state index contributed by atoms with van der Waals surface area (Å²) in [5.41, 5.74) is 0. The summed E-state index contributed by atoms with van der Waals surface area (Å²) in [6.45, 7) is 0. The van der Waals surface area contributed by atoms with E-state index in [4.69, 9.17) is 0 Å². The molecule has 2 heterocycles. The Morgan fingerprint density at radius 3 is 3.00 bits per heavy atom. The molecule has 0 aromatic rings. The van der Waals surface area contributed by atoms with Gasteiger partial charge in [0.05, 0.1) is 13.2 Å². The van der Waals surface area contributed by atoms with E-state index in [1.54, 1.807) is 0 Å². The standard InChI is InChI=1S/C8H12N2O3/c1-13-8(12)6-4-2-3-5(9-4)7(11)10-6/h4-6,9H,2-3H2,1H3,(H,10,11)/t4-,5+,6+/m1/s1. The molecule has 5 nitrogen and oxygen atoms in total. The van der Waals surface area contributed by atoms with Gasteiger partial charge in [0.25, 0.3) is 0 Å². The molecular formula is C8H12N2O3. The first-order valence-corrected chi connectivity index (χ1v) is 4.36. The fourth-order valence-corrected chi connectivity index (χ4v) is 1.95. The van der Waals surface area contributed by atoms with Gasteiger partial charge in [-0.15, -0.1) is 0 Å². The van der Waals surface area contributed by atoms with Crippen LogP contribution in [0, 0.1) is 0 Å². The molecule has 2 fully saturated rings. The second kappa shape index (κ2) is 2.99. The summed E-state index contributed by atoms with van der Waals surface area (Å²) in [6, 6.07) is -0.558. The van der Waals surface area contributed by atoms with Crippen molar-refractivity contribution in [3.63, 3.8) is 0 Å². The van der Waals surface area contributed by atoms with E-state index in [0.29, 0.717) is 0 Å². The van der Waals surface area contributed by atoms with Crippen molar-refractivity contribution in [3.05, 3.63) is 0 Å². The number of carbonyl (C=O) groups excluding carboxylic acids is 2. The summed E-state index contributed by atoms with van der Waals surface area (Å²) in [5.74, 6) is -0.463. The maximum atomic E-state index is 11.3. The van der Waals surface area contributed by atoms with Crippen molar-refractivity contribution >= 4 is 11.9 Å². The molecule has 2 aliphatic rings. The lowest BCUT2D eigenvalue weighted by atomic mass is 10.1. The van der Waals surface area contributed by atoms with Crippen molar-refractivity contribution in [2.24, 2.45) is 0 Å². The molecule has 72 valence electrons. The first-order valence-electron chi connectivity index (χ1n) is 4.36. The van der Waals surface area contributed by atoms with Crippen LogP contribution >= 0.6 is 0 Å². The summed E-state index contributed by atoms with van der Waals surface area (Å²) < 4.78 is 4.59. The Bertz CT molecular complexity index is 254. The summed E-state index contributed by atoms with van der Waals surface area (Å²) in [5, 5.41) is 5.75. The lowest BCUT2D eigenvalue weighted by Gasteiger charge is -2.28. The van der Waals surface area contributed by atoms with Gasteiger partial charge < -0.3 is 15.4 Å². The number of carbonyl (C=O) groups is 2. The molecule has 3 atom stereocenters. The Kier molecular flexibility index (Phi) is 1.95. The summed E-state index contributed by atoms with van der Waals surface area (Å²) >= 11 is 0. The molecule has 2 aliphatic heterocycles. The number of nitrogens with one attached hydrogen (secondary N) is 2. The van der Waals surface area contributed by atoms with Crippen LogP contribution in [0.5, 0.6) is 0 Å². The van der Waals surface area contributed by atoms with Crippen LogP contribution in [0.2, 0.25) is 0 Å². The molecule has 13 heavy (non-hydrogen) atoms. The first-order chi connectivity index (χ1) is 6.22. The first kappa shape index (κ1) is 8.50. The third-order valence-corrected chi connectivity index (χ3v) is 2.65. The number of rotatable bonds is 1. The molecule has 2 bridgehead atoms. The second-order valence-corrected chi connectivity index (χ2v) is 3.41. The number of hydrogen-bond donors (Lipinski definition) is 2. The highest BCUT2D eigenvalue weighted by Gasteiger charge is 2.43. The number of piperazine rings is 1. The highest BCUT2D eigenvalue weighted by Crippen LogP contribution is 2.20. The summed E-state index contributed by atoms with van der Waals surface area (Å²) in [6.07, 6.45) is 1.66. The Balaban J connectivity index is 2.12. The van der Waals surface area contributed by atoms with Crippen LogP contribution in [0.25, 0.3) is 0 Å². The maximum absolute atomic E-state index is 11.3. The van der Waals surface area contributed by atoms with E-state index in [2.05, 4.69) is 15.4 Å². The van der Waals surface area contributed by atoms with Gasteiger partial charge in [-0.3, -0.25) is 4.79 Å². The lowest BCUT2D eigenvalue weighted by molar-refractivity contribution is -0.147. The van der Waals surface area contributed by atoms with Crippen molar-refractivity contribution in [3.8, 4) is 0 Å². The number of fused-ring (bicyclic) bond motifs is 2. The SMILES string of the molecule is COC(=O)[C@H]1NC(=O)[C@@H]2CC[C@H]1N2. The second-order valence-electron chi connectivity index (χ2n) is 3.41. The smallest absolute Gasteiger partial charge is 0.330 e. The minimum Gasteiger partial charge on any atom is -0.467 e. The number of ether oxygens (including phenoxy) is 1. The molecule has 0 radical (unpaired) electrons. The maximum Gasteiger partial charge on any atom is 0.330 e. The zero-order valence-corrected chi connectivity index (χ0v) is 7.37. The van der Waals surface area contributed by atoms with Gasteiger partial charge in [0.2, 0.25) is 5.91 Å². The van der Waals surface area contributed by atoms with E-state index >= 15 is 0 Å². The Morgan fingerprint density at radius 2 is 2.31 bits per heavy atom. The molecule has 0 spiro atoms. The third kappa shape index (κ3) is 1.29. The van der Waals surface area contributed by atoms with Crippen molar-refractivity contribution < 1.29 is 14.3 Å². The third-order valence-electron chi connectivity index (χ3n) is 2.65. The predicted octanol–water partition coefficient (Wildman–Crippen LogP) is -1.22. The largest absolute Gasteiger partial charge is 0.467 e. The van der Waals surface area contributed by atoms with E-state index in [0.717, 1.165) is 12.8 Å². The topological polar surface area (TPSA) is 67.4 Å². The zero-order valence-electron chi connectivity index (χ0n) is 7.37. The normalized spacial score (nSPS) is 37.0. The molecule has 0 aromatic heterocycles. The number of esters is 1. The molecule has 1 amide bonds. The van der Waals surface area contributed by atoms with Crippen LogP contribution in [-0.2, 0) is 14.3 Å². The highest BCUT2D eigenvalue weighted by molar-refractivity contribution is 5.90. The fraction of sp³-hybridized carbons (Fsp3) is 0.750. The van der Waals surface area contributed by atoms with Gasteiger partial charge in [-0.05, 0) is 12.8 Å². The molecule has 5 heteroatoms. The summed E-state index contributed by atoms with van der Waals surface area (Å²) in [4.78, 5) is 22.5. The number of methoxy groups -OCH3 is 1. The summed E-state index contributed by atoms with van der Waals surface area (Å²) in [7, 11) is 1.33. The van der Waals surface area contributed by atoms with E-state index in [1.807, 2.05) is 0 Å². The molecule has 2 saturated heterocycles. The molecule has 0 unspecified atom stereocenters. The average molecular weight is 184 g/mol. The monoisotopic (exact) mass is 184 g/mol. The van der Waals surface area contributed by atoms with Crippen LogP contribution in [0.15, 0.2) is 0 Å². The molecule has 2 rings (SSSR count). The number of amides is 1. The molecule has 2 N–H and O–H groups in total. The molecule has 0 saturated carbocycles. The van der Waals surface area contributed by atoms with Gasteiger partial charge in [0.1, 0.15) is 6.04 Å². The Hall–Kier alpha value is -1.10. The van der Waals surface area contributed by atoms with Crippen molar-refractivity contribution in [1.82, 2.24) is 10.6 Å². The number of hydrogen-bond acceptors (Lipinski definition) is 4. The van der Waals surface area contributed by atoms with E-state index < -0.39 is 6.04 Å². The van der Waals surface area contributed by atoms with Crippen LogP contribution in [-0.4, -0.2) is 37.1 Å². The van der Waals surface area contributed by atoms with Gasteiger partial charge in [-0.25, -0.2) is 4.79 Å². The van der Waals surface area contributed by atoms with Crippen LogP contribution in [0.4, 0.5) is 0 Å². The Morgan fingerprint density at radius 1 is 1.54 bits per heavy atom. The van der Waals surface area contributed by atoms with Crippen LogP contribution in [0.3, 0.4) is 0 Å². The van der Waals surface area contributed by atoms with Crippen LogP contribution in [0.1, 0.15) is 12.8 Å². The highest BCUT2D eigenvalue weighted by atomic mass is 16.5. The van der Waals surface area contributed by atoms with E-state index in [9.17, 15) is 9.59 Å². The van der Waals surface area contributed by atoms with Gasteiger partial charge in [0.15, 0.2) is 0 Å². The Labute approximate surface area is 75.8 Å². The van der Waals surface area contributed by atoms with Gasteiger partial charge in [0, 0.05) is 6.04 Å². The fourth-order valence-electron chi connectivity index (χ4n) is 1.95. The minimum absolute atomic E-state index is 0.0511. The van der Waals surface area contributed by atoms with Crippen LogP contribution < -0.4 is 10.6 Å². The van der Waals surface area contributed by atoms with Gasteiger partial charge >= 0.3 is 5.97 Å². The van der Waals surface area contributed by atoms with Gasteiger partial charge in [-0.1, -0.05) is 0 Å². The minimum atomic E-state index is -0.503. The predicted molar refractivity (Wildman–Crippen MR) is 43.9 cm³/mol. The van der Waals surface area contributed by atoms with E-state index in [1.165, 1.54) is 7.11 Å². The molecule has 0 aliphatic carbocycles. The van der Waals surface area contributed by atoms with E-state index in [-0.39, 0.29) is 24.0 Å². The van der Waals surface area contributed by atoms with Crippen molar-refractivity contribution in [1.29, 1.82) is 0 Å². The van der Waals surface area contributed by atoms with Crippen molar-refractivity contribution in [2.45, 2.75) is 31.0 Å². The quantitative estimate of drug-likeness (QED) is 0.501. The molecule has 0 aromatic carbocycles. The van der Waals surface area contributed by atoms with Gasteiger partial charge in [-0.2, -0.15) is 0 Å². The average Bonchev–Trinajstić information content (AvgIpc) is 2.56.